The lowest BCUT2D eigenvalue weighted by atomic mass is 10.7. The maximum Gasteiger partial charge on any atom is 0.0971 e. The number of methoxy groups -OCH3 is 1. The number of rotatable bonds is 8. The Kier molecular flexibility index (Phi) is 8.27. The fourth-order valence-electron chi connectivity index (χ4n) is 1.12. The van der Waals surface area contributed by atoms with Gasteiger partial charge in [-0.25, -0.2) is 0 Å². The molecule has 0 fully saturated rings. The first-order chi connectivity index (χ1) is 6.20. The molecule has 0 spiro atoms. The van der Waals surface area contributed by atoms with Gasteiger partial charge in [-0.1, -0.05) is 0 Å². The number of nitrogens with one attached hydrogen (secondary N) is 2. The molecule has 0 aliphatic rings. The van der Waals surface area contributed by atoms with E-state index in [9.17, 15) is 0 Å². The van der Waals surface area contributed by atoms with Crippen LogP contribution in [0.25, 0.3) is 0 Å². The summed E-state index contributed by atoms with van der Waals surface area (Å²) in [6, 6.07) is 0. The molecule has 0 amide bonds. The van der Waals surface area contributed by atoms with Crippen LogP contribution >= 0.6 is 0 Å². The SMILES string of the molecule is CNCN(C)CN(C)CNCOC. The molecule has 0 bridgehead atoms. The summed E-state index contributed by atoms with van der Waals surface area (Å²) in [5.74, 6) is 0. The fourth-order valence-corrected chi connectivity index (χ4v) is 1.12. The smallest absolute Gasteiger partial charge is 0.0971 e. The number of hydrogen-bond donors (Lipinski definition) is 2. The van der Waals surface area contributed by atoms with Crippen LogP contribution in [0, 0.1) is 0 Å². The molecule has 0 unspecified atom stereocenters. The number of ether oxygens (including phenoxy) is 1. The Hall–Kier alpha value is -0.200. The van der Waals surface area contributed by atoms with Crippen LogP contribution in [0.2, 0.25) is 0 Å². The molecule has 0 saturated carbocycles. The van der Waals surface area contributed by atoms with Crippen molar-refractivity contribution in [2.24, 2.45) is 0 Å². The van der Waals surface area contributed by atoms with Gasteiger partial charge in [0, 0.05) is 13.8 Å². The lowest BCUT2D eigenvalue weighted by molar-refractivity contribution is 0.126. The van der Waals surface area contributed by atoms with Gasteiger partial charge in [-0.05, 0) is 21.1 Å². The highest BCUT2D eigenvalue weighted by Gasteiger charge is 2.00. The summed E-state index contributed by atoms with van der Waals surface area (Å²) < 4.78 is 4.88. The van der Waals surface area contributed by atoms with E-state index in [1.54, 1.807) is 7.11 Å². The van der Waals surface area contributed by atoms with Crippen molar-refractivity contribution in [3.63, 3.8) is 0 Å². The van der Waals surface area contributed by atoms with Gasteiger partial charge < -0.3 is 10.1 Å². The molecule has 0 rings (SSSR count). The molecule has 5 nitrogen and oxygen atoms in total. The van der Waals surface area contributed by atoms with Crippen LogP contribution < -0.4 is 10.6 Å². The summed E-state index contributed by atoms with van der Waals surface area (Å²) in [6.07, 6.45) is 0. The van der Waals surface area contributed by atoms with Gasteiger partial charge in [0.25, 0.3) is 0 Å². The Balaban J connectivity index is 3.32. The first-order valence-corrected chi connectivity index (χ1v) is 4.42. The van der Waals surface area contributed by atoms with Crippen molar-refractivity contribution < 1.29 is 4.74 Å². The number of nitrogens with zero attached hydrogens (tertiary/aromatic N) is 2. The minimum atomic E-state index is 0.597. The average Bonchev–Trinajstić information content (AvgIpc) is 2.05. The molecule has 0 radical (unpaired) electrons. The van der Waals surface area contributed by atoms with E-state index in [-0.39, 0.29) is 0 Å². The maximum absolute atomic E-state index is 4.88. The van der Waals surface area contributed by atoms with Crippen LogP contribution in [0.5, 0.6) is 0 Å². The van der Waals surface area contributed by atoms with Crippen LogP contribution in [-0.2, 0) is 4.74 Å². The Morgan fingerprint density at radius 1 is 1.15 bits per heavy atom. The second-order valence-electron chi connectivity index (χ2n) is 3.21. The van der Waals surface area contributed by atoms with Crippen molar-refractivity contribution in [3.8, 4) is 0 Å². The van der Waals surface area contributed by atoms with Crippen LogP contribution in [0.4, 0.5) is 0 Å². The van der Waals surface area contributed by atoms with Gasteiger partial charge in [0.15, 0.2) is 0 Å². The largest absolute Gasteiger partial charge is 0.370 e. The standard InChI is InChI=1S/C8H22N4O/c1-9-5-11(2)8-12(3)6-10-7-13-4/h9-10H,5-8H2,1-4H3. The Morgan fingerprint density at radius 2 is 1.77 bits per heavy atom. The van der Waals surface area contributed by atoms with Crippen molar-refractivity contribution in [2.45, 2.75) is 0 Å². The van der Waals surface area contributed by atoms with Crippen molar-refractivity contribution in [2.75, 3.05) is 55.0 Å². The molecule has 0 aromatic rings. The van der Waals surface area contributed by atoms with E-state index < -0.39 is 0 Å². The third-order valence-corrected chi connectivity index (χ3v) is 1.54. The molecule has 0 atom stereocenters. The highest BCUT2D eigenvalue weighted by Crippen LogP contribution is 1.83. The molecule has 2 N–H and O–H groups in total. The van der Waals surface area contributed by atoms with E-state index in [0.717, 1.165) is 20.0 Å². The minimum Gasteiger partial charge on any atom is -0.370 e. The quantitative estimate of drug-likeness (QED) is 0.385. The molecule has 0 aliphatic heterocycles. The molecule has 0 aromatic carbocycles. The first-order valence-electron chi connectivity index (χ1n) is 4.42. The van der Waals surface area contributed by atoms with E-state index in [1.165, 1.54) is 0 Å². The summed E-state index contributed by atoms with van der Waals surface area (Å²) in [5.41, 5.74) is 0. The lowest BCUT2D eigenvalue weighted by Gasteiger charge is -2.24. The third kappa shape index (κ3) is 8.14. The zero-order chi connectivity index (χ0) is 10.1. The van der Waals surface area contributed by atoms with Gasteiger partial charge in [-0.2, -0.15) is 0 Å². The zero-order valence-corrected chi connectivity index (χ0v) is 9.13. The van der Waals surface area contributed by atoms with Gasteiger partial charge in [-0.15, -0.1) is 0 Å². The predicted octanol–water partition coefficient (Wildman–Crippen LogP) is -0.865. The van der Waals surface area contributed by atoms with Crippen molar-refractivity contribution >= 4 is 0 Å². The fraction of sp³-hybridized carbons (Fsp3) is 1.00. The van der Waals surface area contributed by atoms with Gasteiger partial charge in [0.2, 0.25) is 0 Å². The Morgan fingerprint density at radius 3 is 2.31 bits per heavy atom. The molecular formula is C8H22N4O. The van der Waals surface area contributed by atoms with Crippen LogP contribution in [0.1, 0.15) is 0 Å². The highest BCUT2D eigenvalue weighted by atomic mass is 16.5. The van der Waals surface area contributed by atoms with Crippen LogP contribution in [0.3, 0.4) is 0 Å². The molecule has 0 heterocycles. The molecule has 13 heavy (non-hydrogen) atoms. The summed E-state index contributed by atoms with van der Waals surface area (Å²) in [4.78, 5) is 4.37. The summed E-state index contributed by atoms with van der Waals surface area (Å²) >= 11 is 0. The minimum absolute atomic E-state index is 0.597. The van der Waals surface area contributed by atoms with Crippen molar-refractivity contribution in [1.82, 2.24) is 20.4 Å². The van der Waals surface area contributed by atoms with Crippen molar-refractivity contribution in [1.29, 1.82) is 0 Å². The summed E-state index contributed by atoms with van der Waals surface area (Å²) in [7, 11) is 7.76. The summed E-state index contributed by atoms with van der Waals surface area (Å²) in [6.45, 7) is 3.26. The summed E-state index contributed by atoms with van der Waals surface area (Å²) in [5, 5.41) is 6.23. The van der Waals surface area contributed by atoms with Gasteiger partial charge in [0.1, 0.15) is 0 Å². The molecule has 0 saturated heterocycles. The Labute approximate surface area is 81.0 Å². The van der Waals surface area contributed by atoms with E-state index in [1.807, 2.05) is 7.05 Å². The van der Waals surface area contributed by atoms with E-state index in [2.05, 4.69) is 34.5 Å². The molecule has 0 aliphatic carbocycles. The van der Waals surface area contributed by atoms with E-state index in [4.69, 9.17) is 4.74 Å². The van der Waals surface area contributed by atoms with Gasteiger partial charge in [0.05, 0.1) is 20.1 Å². The lowest BCUT2D eigenvalue weighted by Crippen LogP contribution is -2.41. The second-order valence-corrected chi connectivity index (χ2v) is 3.21. The second kappa shape index (κ2) is 8.40. The Bertz CT molecular complexity index is 112. The zero-order valence-electron chi connectivity index (χ0n) is 9.13. The van der Waals surface area contributed by atoms with Crippen LogP contribution in [-0.4, -0.2) is 64.8 Å². The monoisotopic (exact) mass is 190 g/mol. The van der Waals surface area contributed by atoms with E-state index in [0.29, 0.717) is 6.73 Å². The number of hydrogen-bond acceptors (Lipinski definition) is 5. The molecular weight excluding hydrogens is 168 g/mol. The predicted molar refractivity (Wildman–Crippen MR) is 54.2 cm³/mol. The van der Waals surface area contributed by atoms with Crippen LogP contribution in [0.15, 0.2) is 0 Å². The molecule has 5 heteroatoms. The normalized spacial score (nSPS) is 11.5. The average molecular weight is 190 g/mol. The van der Waals surface area contributed by atoms with Gasteiger partial charge >= 0.3 is 0 Å². The van der Waals surface area contributed by atoms with Gasteiger partial charge in [-0.3, -0.25) is 15.1 Å². The van der Waals surface area contributed by atoms with Crippen molar-refractivity contribution in [3.05, 3.63) is 0 Å². The molecule has 80 valence electrons. The highest BCUT2D eigenvalue weighted by molar-refractivity contribution is 4.48. The maximum atomic E-state index is 4.88. The van der Waals surface area contributed by atoms with E-state index >= 15 is 0 Å². The first kappa shape index (κ1) is 12.8. The molecule has 0 aromatic heterocycles. The third-order valence-electron chi connectivity index (χ3n) is 1.54. The topological polar surface area (TPSA) is 39.8 Å².